The first-order valence-corrected chi connectivity index (χ1v) is 13.3. The lowest BCUT2D eigenvalue weighted by Crippen LogP contribution is -2.35. The highest BCUT2D eigenvalue weighted by Crippen LogP contribution is 2.32. The minimum atomic E-state index is 0.544. The number of hydrogen-bond donors (Lipinski definition) is 2. The molecule has 0 unspecified atom stereocenters. The van der Waals surface area contributed by atoms with Crippen molar-refractivity contribution >= 4 is 33.8 Å². The van der Waals surface area contributed by atoms with Crippen molar-refractivity contribution in [2.45, 2.75) is 19.8 Å². The third kappa shape index (κ3) is 6.14. The van der Waals surface area contributed by atoms with Crippen molar-refractivity contribution in [1.29, 1.82) is 0 Å². The second-order valence-corrected chi connectivity index (χ2v) is 9.57. The fraction of sp³-hybridized carbons (Fsp3) is 0.280. The van der Waals surface area contributed by atoms with Gasteiger partial charge in [0.1, 0.15) is 22.1 Å². The molecule has 35 heavy (non-hydrogen) atoms. The topological polar surface area (TPSA) is 93.5 Å². The zero-order chi connectivity index (χ0) is 23.9. The molecule has 0 radical (unpaired) electrons. The summed E-state index contributed by atoms with van der Waals surface area (Å²) in [6.07, 6.45) is 1.84. The van der Waals surface area contributed by atoms with Crippen LogP contribution < -0.4 is 20.1 Å². The summed E-state index contributed by atoms with van der Waals surface area (Å²) in [5.41, 5.74) is 3.58. The number of guanidine groups is 1. The number of ether oxygens (including phenoxy) is 2. The van der Waals surface area contributed by atoms with E-state index in [1.807, 2.05) is 60.1 Å². The van der Waals surface area contributed by atoms with E-state index in [0.717, 1.165) is 70.4 Å². The summed E-state index contributed by atoms with van der Waals surface area (Å²) in [7, 11) is 0. The van der Waals surface area contributed by atoms with Gasteiger partial charge in [-0.1, -0.05) is 18.2 Å². The van der Waals surface area contributed by atoms with Gasteiger partial charge in [0.2, 0.25) is 5.88 Å². The Labute approximate surface area is 212 Å². The van der Waals surface area contributed by atoms with Gasteiger partial charge in [-0.15, -0.1) is 22.7 Å². The van der Waals surface area contributed by atoms with Crippen LogP contribution in [0.15, 0.2) is 58.2 Å². The molecule has 4 aromatic rings. The van der Waals surface area contributed by atoms with Gasteiger partial charge in [0.05, 0.1) is 18.9 Å². The summed E-state index contributed by atoms with van der Waals surface area (Å²) in [6, 6.07) is 13.7. The number of rotatable bonds is 9. The molecular formula is C25H26N6O2S2. The van der Waals surface area contributed by atoms with Crippen LogP contribution in [-0.2, 0) is 0 Å². The Morgan fingerprint density at radius 1 is 0.943 bits per heavy atom. The lowest BCUT2D eigenvalue weighted by atomic mass is 10.2. The van der Waals surface area contributed by atoms with Gasteiger partial charge in [0.25, 0.3) is 0 Å². The quantitative estimate of drug-likeness (QED) is 0.300. The maximum Gasteiger partial charge on any atom is 0.213 e. The highest BCUT2D eigenvalue weighted by molar-refractivity contribution is 7.14. The van der Waals surface area contributed by atoms with Gasteiger partial charge < -0.3 is 20.1 Å². The minimum absolute atomic E-state index is 0.544. The van der Waals surface area contributed by atoms with E-state index in [2.05, 4.69) is 25.6 Å². The number of hydrogen-bond acceptors (Lipinski definition) is 10. The number of aryl methyl sites for hydroxylation is 1. The largest absolute Gasteiger partial charge is 0.493 e. The Balaban J connectivity index is 1.16. The summed E-state index contributed by atoms with van der Waals surface area (Å²) in [4.78, 5) is 18.5. The molecule has 0 amide bonds. The Bertz CT molecular complexity index is 1290. The number of benzene rings is 1. The van der Waals surface area contributed by atoms with Gasteiger partial charge in [-0.3, -0.25) is 4.99 Å². The molecule has 8 nitrogen and oxygen atoms in total. The molecule has 2 N–H and O–H groups in total. The van der Waals surface area contributed by atoms with Gasteiger partial charge in [-0.2, -0.15) is 0 Å². The van der Waals surface area contributed by atoms with E-state index in [0.29, 0.717) is 19.1 Å². The highest BCUT2D eigenvalue weighted by atomic mass is 32.1. The number of thiazole rings is 2. The van der Waals surface area contributed by atoms with Gasteiger partial charge in [0, 0.05) is 41.9 Å². The van der Waals surface area contributed by atoms with E-state index >= 15 is 0 Å². The third-order valence-corrected chi connectivity index (χ3v) is 6.87. The molecule has 0 atom stereocenters. The number of nitrogens with one attached hydrogen (secondary N) is 2. The molecule has 180 valence electrons. The van der Waals surface area contributed by atoms with Gasteiger partial charge >= 0.3 is 0 Å². The normalized spacial score (nSPS) is 13.1. The number of aromatic nitrogens is 3. The van der Waals surface area contributed by atoms with Crippen molar-refractivity contribution < 1.29 is 9.47 Å². The van der Waals surface area contributed by atoms with E-state index in [-0.39, 0.29) is 0 Å². The van der Waals surface area contributed by atoms with Crippen molar-refractivity contribution in [1.82, 2.24) is 20.3 Å². The predicted molar refractivity (Wildman–Crippen MR) is 142 cm³/mol. The molecule has 10 heteroatoms. The second kappa shape index (κ2) is 11.3. The van der Waals surface area contributed by atoms with Crippen molar-refractivity contribution in [3.63, 3.8) is 0 Å². The second-order valence-electron chi connectivity index (χ2n) is 7.86. The minimum Gasteiger partial charge on any atom is -0.493 e. The fourth-order valence-corrected chi connectivity index (χ4v) is 5.06. The standard InChI is InChI=1S/C25H26N6O2S2/c1-17-19(9-10-22(28-17)33-14-6-13-32-18-7-3-2-4-8-18)23-29-20(15-34-23)21-16-35-25(30-21)31-24-26-11-5-12-27-24/h2-4,7-10,15-16H,5-6,11-14H2,1H3,(H2,26,27,30,31). The first-order chi connectivity index (χ1) is 17.2. The van der Waals surface area contributed by atoms with Crippen molar-refractivity contribution in [2.24, 2.45) is 4.99 Å². The molecule has 0 aliphatic carbocycles. The zero-order valence-electron chi connectivity index (χ0n) is 19.4. The molecule has 1 aliphatic rings. The first kappa shape index (κ1) is 23.3. The first-order valence-electron chi connectivity index (χ1n) is 11.5. The molecule has 0 spiro atoms. The van der Waals surface area contributed by atoms with Gasteiger partial charge in [-0.25, -0.2) is 15.0 Å². The number of anilines is 1. The van der Waals surface area contributed by atoms with Crippen LogP contribution in [0.4, 0.5) is 5.13 Å². The van der Waals surface area contributed by atoms with Crippen LogP contribution in [0, 0.1) is 6.92 Å². The molecule has 0 bridgehead atoms. The summed E-state index contributed by atoms with van der Waals surface area (Å²) < 4.78 is 11.5. The summed E-state index contributed by atoms with van der Waals surface area (Å²) in [6.45, 7) is 4.89. The Kier molecular flexibility index (Phi) is 7.50. The summed E-state index contributed by atoms with van der Waals surface area (Å²) in [5.74, 6) is 2.26. The number of para-hydroxylation sites is 1. The summed E-state index contributed by atoms with van der Waals surface area (Å²) >= 11 is 3.13. The van der Waals surface area contributed by atoms with Gasteiger partial charge in [0.15, 0.2) is 11.1 Å². The van der Waals surface area contributed by atoms with E-state index in [1.165, 1.54) is 0 Å². The Morgan fingerprint density at radius 3 is 2.60 bits per heavy atom. The highest BCUT2D eigenvalue weighted by Gasteiger charge is 2.14. The molecular weight excluding hydrogens is 480 g/mol. The number of aliphatic imine (C=N–C) groups is 1. The fourth-order valence-electron chi connectivity index (χ4n) is 3.47. The maximum atomic E-state index is 5.82. The average molecular weight is 507 g/mol. The van der Waals surface area contributed by atoms with E-state index < -0.39 is 0 Å². The van der Waals surface area contributed by atoms with E-state index in [1.54, 1.807) is 22.7 Å². The number of pyridine rings is 1. The SMILES string of the molecule is Cc1nc(OCCCOc2ccccc2)ccc1-c1nc(-c2csc(NC3=NCCCN3)n2)cs1. The molecule has 1 aliphatic heterocycles. The lowest BCUT2D eigenvalue weighted by molar-refractivity contribution is 0.242. The van der Waals surface area contributed by atoms with Crippen LogP contribution in [0.5, 0.6) is 11.6 Å². The molecule has 0 fully saturated rings. The van der Waals surface area contributed by atoms with Crippen LogP contribution in [0.3, 0.4) is 0 Å². The molecule has 0 saturated heterocycles. The van der Waals surface area contributed by atoms with Crippen molar-refractivity contribution in [3.8, 4) is 33.6 Å². The molecule has 3 aromatic heterocycles. The Hall–Kier alpha value is -3.50. The van der Waals surface area contributed by atoms with Crippen LogP contribution in [-0.4, -0.2) is 47.2 Å². The molecule has 1 aromatic carbocycles. The maximum absolute atomic E-state index is 5.82. The molecule has 5 rings (SSSR count). The predicted octanol–water partition coefficient (Wildman–Crippen LogP) is 5.25. The summed E-state index contributed by atoms with van der Waals surface area (Å²) in [5, 5.41) is 12.2. The van der Waals surface area contributed by atoms with Crippen molar-refractivity contribution in [2.75, 3.05) is 31.6 Å². The molecule has 0 saturated carbocycles. The van der Waals surface area contributed by atoms with Crippen LogP contribution in [0.2, 0.25) is 0 Å². The van der Waals surface area contributed by atoms with Crippen molar-refractivity contribution in [3.05, 3.63) is 58.9 Å². The third-order valence-electron chi connectivity index (χ3n) is 5.23. The van der Waals surface area contributed by atoms with E-state index in [4.69, 9.17) is 14.5 Å². The van der Waals surface area contributed by atoms with E-state index in [9.17, 15) is 0 Å². The monoisotopic (exact) mass is 506 g/mol. The van der Waals surface area contributed by atoms with Crippen LogP contribution in [0.25, 0.3) is 22.0 Å². The van der Waals surface area contributed by atoms with Gasteiger partial charge in [-0.05, 0) is 31.5 Å². The lowest BCUT2D eigenvalue weighted by Gasteiger charge is -2.13. The number of nitrogens with zero attached hydrogens (tertiary/aromatic N) is 4. The van der Waals surface area contributed by atoms with Crippen LogP contribution in [0.1, 0.15) is 18.5 Å². The average Bonchev–Trinajstić information content (AvgIpc) is 3.55. The van der Waals surface area contributed by atoms with Crippen LogP contribution >= 0.6 is 22.7 Å². The smallest absolute Gasteiger partial charge is 0.213 e. The molecule has 4 heterocycles. The zero-order valence-corrected chi connectivity index (χ0v) is 21.0. The Morgan fingerprint density at radius 2 is 1.77 bits per heavy atom.